The van der Waals surface area contributed by atoms with Gasteiger partial charge in [-0.2, -0.15) is 0 Å². The second kappa shape index (κ2) is 7.57. The zero-order valence-electron chi connectivity index (χ0n) is 16.4. The number of rotatable bonds is 3. The molecular formula is C23H27NO4. The van der Waals surface area contributed by atoms with Gasteiger partial charge in [-0.05, 0) is 36.1 Å². The first kappa shape index (κ1) is 19.0. The van der Waals surface area contributed by atoms with Gasteiger partial charge in [0.1, 0.15) is 6.61 Å². The highest BCUT2D eigenvalue weighted by Crippen LogP contribution is 2.43. The molecule has 0 aliphatic carbocycles. The summed E-state index contributed by atoms with van der Waals surface area (Å²) in [6.07, 6.45) is 0.580. The third-order valence-electron chi connectivity index (χ3n) is 5.92. The molecule has 148 valence electrons. The fourth-order valence-corrected chi connectivity index (χ4v) is 4.82. The normalized spacial score (nSPS) is 26.8. The summed E-state index contributed by atoms with van der Waals surface area (Å²) in [7, 11) is 0. The molecule has 0 aromatic heterocycles. The van der Waals surface area contributed by atoms with E-state index in [0.717, 1.165) is 22.3 Å². The Morgan fingerprint density at radius 1 is 1.07 bits per heavy atom. The van der Waals surface area contributed by atoms with Crippen LogP contribution in [0.2, 0.25) is 0 Å². The van der Waals surface area contributed by atoms with Gasteiger partial charge >= 0.3 is 6.09 Å². The molecule has 4 rings (SSSR count). The molecular weight excluding hydrogens is 354 g/mol. The highest BCUT2D eigenvalue weighted by Gasteiger charge is 2.50. The van der Waals surface area contributed by atoms with Gasteiger partial charge in [0.05, 0.1) is 30.9 Å². The van der Waals surface area contributed by atoms with E-state index in [0.29, 0.717) is 26.1 Å². The molecule has 5 nitrogen and oxygen atoms in total. The SMILES string of the molecule is Cc1cccc(C)c1C1(O)CC2COCC(C1)N2C(=O)OCc1ccccc1. The topological polar surface area (TPSA) is 59.0 Å². The number of hydrogen-bond donors (Lipinski definition) is 1. The molecule has 2 heterocycles. The van der Waals surface area contributed by atoms with Crippen LogP contribution < -0.4 is 0 Å². The Bertz CT molecular complexity index is 817. The van der Waals surface area contributed by atoms with Crippen LogP contribution in [0.25, 0.3) is 0 Å². The zero-order chi connectivity index (χ0) is 19.7. The predicted molar refractivity (Wildman–Crippen MR) is 106 cm³/mol. The number of hydrogen-bond acceptors (Lipinski definition) is 4. The van der Waals surface area contributed by atoms with E-state index in [1.54, 1.807) is 4.90 Å². The van der Waals surface area contributed by atoms with Crippen LogP contribution in [0.1, 0.15) is 35.1 Å². The molecule has 0 spiro atoms. The summed E-state index contributed by atoms with van der Waals surface area (Å²) in [5.41, 5.74) is 3.17. The number of ether oxygens (including phenoxy) is 2. The number of carbonyl (C=O) groups excluding carboxylic acids is 1. The van der Waals surface area contributed by atoms with Crippen molar-refractivity contribution in [2.24, 2.45) is 0 Å². The third-order valence-corrected chi connectivity index (χ3v) is 5.92. The van der Waals surface area contributed by atoms with Crippen molar-refractivity contribution >= 4 is 6.09 Å². The van der Waals surface area contributed by atoms with Crippen LogP contribution in [0.15, 0.2) is 48.5 Å². The molecule has 2 aliphatic rings. The van der Waals surface area contributed by atoms with Crippen LogP contribution in [0.4, 0.5) is 4.79 Å². The number of aryl methyl sites for hydroxylation is 2. The summed E-state index contributed by atoms with van der Waals surface area (Å²) < 4.78 is 11.3. The van der Waals surface area contributed by atoms with Gasteiger partial charge in [0, 0.05) is 12.8 Å². The minimum Gasteiger partial charge on any atom is -0.445 e. The van der Waals surface area contributed by atoms with Gasteiger partial charge < -0.3 is 14.6 Å². The Morgan fingerprint density at radius 3 is 2.29 bits per heavy atom. The smallest absolute Gasteiger partial charge is 0.410 e. The average molecular weight is 381 g/mol. The van der Waals surface area contributed by atoms with Crippen molar-refractivity contribution in [2.75, 3.05) is 13.2 Å². The molecule has 1 N–H and O–H groups in total. The lowest BCUT2D eigenvalue weighted by Gasteiger charge is -2.51. The summed E-state index contributed by atoms with van der Waals surface area (Å²) in [6.45, 7) is 5.16. The summed E-state index contributed by atoms with van der Waals surface area (Å²) >= 11 is 0. The van der Waals surface area contributed by atoms with Crippen molar-refractivity contribution in [1.82, 2.24) is 4.90 Å². The summed E-state index contributed by atoms with van der Waals surface area (Å²) in [5.74, 6) is 0. The first-order chi connectivity index (χ1) is 13.5. The second-order valence-corrected chi connectivity index (χ2v) is 8.00. The van der Waals surface area contributed by atoms with Crippen LogP contribution in [0.5, 0.6) is 0 Å². The van der Waals surface area contributed by atoms with Crippen LogP contribution in [-0.2, 0) is 21.7 Å². The molecule has 1 amide bonds. The standard InChI is InChI=1S/C23H27NO4/c1-16-7-6-8-17(2)21(16)23(26)11-19-14-27-15-20(12-23)24(19)22(25)28-13-18-9-4-3-5-10-18/h3-10,19-20,26H,11-15H2,1-2H3. The zero-order valence-corrected chi connectivity index (χ0v) is 16.4. The Morgan fingerprint density at radius 2 is 1.68 bits per heavy atom. The Kier molecular flexibility index (Phi) is 5.13. The molecule has 0 radical (unpaired) electrons. The van der Waals surface area contributed by atoms with Crippen molar-refractivity contribution in [3.63, 3.8) is 0 Å². The van der Waals surface area contributed by atoms with Crippen LogP contribution >= 0.6 is 0 Å². The maximum absolute atomic E-state index is 12.8. The summed E-state index contributed by atoms with van der Waals surface area (Å²) in [6, 6.07) is 15.4. The van der Waals surface area contributed by atoms with Gasteiger partial charge in [-0.25, -0.2) is 4.79 Å². The van der Waals surface area contributed by atoms with Crippen LogP contribution in [0, 0.1) is 13.8 Å². The van der Waals surface area contributed by atoms with E-state index in [2.05, 4.69) is 0 Å². The van der Waals surface area contributed by atoms with E-state index in [1.165, 1.54) is 0 Å². The van der Waals surface area contributed by atoms with Gasteiger partial charge in [-0.15, -0.1) is 0 Å². The lowest BCUT2D eigenvalue weighted by atomic mass is 9.74. The Labute approximate surface area is 165 Å². The van der Waals surface area contributed by atoms with E-state index in [1.807, 2.05) is 62.4 Å². The molecule has 2 saturated heterocycles. The molecule has 0 saturated carbocycles. The molecule has 2 aliphatic heterocycles. The molecule has 2 unspecified atom stereocenters. The van der Waals surface area contributed by atoms with Crippen molar-refractivity contribution in [1.29, 1.82) is 0 Å². The van der Waals surface area contributed by atoms with Gasteiger partial charge in [0.25, 0.3) is 0 Å². The number of carbonyl (C=O) groups is 1. The van der Waals surface area contributed by atoms with Gasteiger partial charge in [0.2, 0.25) is 0 Å². The second-order valence-electron chi connectivity index (χ2n) is 8.00. The van der Waals surface area contributed by atoms with Crippen molar-refractivity contribution in [3.8, 4) is 0 Å². The first-order valence-electron chi connectivity index (χ1n) is 9.84. The lowest BCUT2D eigenvalue weighted by Crippen LogP contribution is -2.62. The largest absolute Gasteiger partial charge is 0.445 e. The number of nitrogens with zero attached hydrogens (tertiary/aromatic N) is 1. The average Bonchev–Trinajstić information content (AvgIpc) is 2.66. The van der Waals surface area contributed by atoms with E-state index in [4.69, 9.17) is 9.47 Å². The molecule has 2 aromatic rings. The van der Waals surface area contributed by atoms with Crippen molar-refractivity contribution in [2.45, 2.75) is 51.0 Å². The molecule has 2 aromatic carbocycles. The van der Waals surface area contributed by atoms with E-state index >= 15 is 0 Å². The quantitative estimate of drug-likeness (QED) is 0.881. The van der Waals surface area contributed by atoms with E-state index in [-0.39, 0.29) is 24.8 Å². The number of benzene rings is 2. The molecule has 5 heteroatoms. The molecule has 2 fully saturated rings. The Hall–Kier alpha value is -2.37. The highest BCUT2D eigenvalue weighted by molar-refractivity contribution is 5.69. The van der Waals surface area contributed by atoms with E-state index in [9.17, 15) is 9.90 Å². The minimum atomic E-state index is -0.954. The fourth-order valence-electron chi connectivity index (χ4n) is 4.82. The first-order valence-corrected chi connectivity index (χ1v) is 9.84. The third kappa shape index (κ3) is 3.52. The van der Waals surface area contributed by atoms with Crippen LogP contribution in [-0.4, -0.2) is 41.4 Å². The molecule has 28 heavy (non-hydrogen) atoms. The van der Waals surface area contributed by atoms with E-state index < -0.39 is 5.60 Å². The summed E-state index contributed by atoms with van der Waals surface area (Å²) in [4.78, 5) is 14.6. The Balaban J connectivity index is 1.53. The lowest BCUT2D eigenvalue weighted by molar-refractivity contribution is -0.137. The van der Waals surface area contributed by atoms with Crippen LogP contribution in [0.3, 0.4) is 0 Å². The van der Waals surface area contributed by atoms with Crippen molar-refractivity contribution in [3.05, 3.63) is 70.8 Å². The van der Waals surface area contributed by atoms with Crippen molar-refractivity contribution < 1.29 is 19.4 Å². The fraction of sp³-hybridized carbons (Fsp3) is 0.435. The monoisotopic (exact) mass is 381 g/mol. The number of piperidine rings is 1. The highest BCUT2D eigenvalue weighted by atomic mass is 16.6. The number of aliphatic hydroxyl groups is 1. The number of morpholine rings is 1. The maximum Gasteiger partial charge on any atom is 0.410 e. The minimum absolute atomic E-state index is 0.195. The molecule has 2 atom stereocenters. The number of fused-ring (bicyclic) bond motifs is 2. The van der Waals surface area contributed by atoms with Gasteiger partial charge in [-0.1, -0.05) is 48.5 Å². The summed E-state index contributed by atoms with van der Waals surface area (Å²) in [5, 5.41) is 11.6. The van der Waals surface area contributed by atoms with Gasteiger partial charge in [0.15, 0.2) is 0 Å². The predicted octanol–water partition coefficient (Wildman–Crippen LogP) is 3.69. The molecule has 2 bridgehead atoms. The number of amides is 1. The maximum atomic E-state index is 12.8. The van der Waals surface area contributed by atoms with Gasteiger partial charge in [-0.3, -0.25) is 4.90 Å².